The second kappa shape index (κ2) is 8.55. The molecular formula is C22H25F3N2O3. The molecule has 1 unspecified atom stereocenters. The highest BCUT2D eigenvalue weighted by molar-refractivity contribution is 5.86. The van der Waals surface area contributed by atoms with E-state index in [4.69, 9.17) is 9.47 Å². The molecule has 1 fully saturated rings. The Kier molecular flexibility index (Phi) is 6.26. The summed E-state index contributed by atoms with van der Waals surface area (Å²) in [5.41, 5.74) is 0.126. The number of ether oxygens (including phenoxy) is 2. The molecule has 8 heteroatoms. The maximum atomic E-state index is 12.8. The Morgan fingerprint density at radius 1 is 1.13 bits per heavy atom. The lowest BCUT2D eigenvalue weighted by Crippen LogP contribution is -2.65. The predicted octanol–water partition coefficient (Wildman–Crippen LogP) is 4.00. The van der Waals surface area contributed by atoms with Gasteiger partial charge in [0.05, 0.1) is 25.3 Å². The third-order valence-electron chi connectivity index (χ3n) is 5.64. The zero-order chi connectivity index (χ0) is 21.9. The van der Waals surface area contributed by atoms with Gasteiger partial charge in [-0.1, -0.05) is 24.3 Å². The molecule has 0 aliphatic carbocycles. The van der Waals surface area contributed by atoms with Crippen molar-refractivity contribution >= 4 is 5.91 Å². The van der Waals surface area contributed by atoms with Gasteiger partial charge in [0.25, 0.3) is 0 Å². The molecule has 1 N–H and O–H groups in total. The van der Waals surface area contributed by atoms with Crippen molar-refractivity contribution < 1.29 is 27.4 Å². The monoisotopic (exact) mass is 422 g/mol. The van der Waals surface area contributed by atoms with Crippen LogP contribution in [0.5, 0.6) is 11.5 Å². The Morgan fingerprint density at radius 3 is 2.37 bits per heavy atom. The van der Waals surface area contributed by atoms with Crippen LogP contribution in [0.2, 0.25) is 0 Å². The van der Waals surface area contributed by atoms with Crippen molar-refractivity contribution in [3.05, 3.63) is 59.2 Å². The van der Waals surface area contributed by atoms with Crippen molar-refractivity contribution in [3.8, 4) is 11.5 Å². The molecule has 5 nitrogen and oxygen atoms in total. The molecule has 1 aliphatic heterocycles. The van der Waals surface area contributed by atoms with Gasteiger partial charge in [0.1, 0.15) is 0 Å². The summed E-state index contributed by atoms with van der Waals surface area (Å²) in [6, 6.07) is 10.4. The van der Waals surface area contributed by atoms with Crippen LogP contribution in [0.15, 0.2) is 42.5 Å². The number of rotatable bonds is 7. The van der Waals surface area contributed by atoms with Crippen LogP contribution in [0.3, 0.4) is 0 Å². The number of nitrogens with one attached hydrogen (secondary N) is 1. The number of hydrogen-bond acceptors (Lipinski definition) is 4. The summed E-state index contributed by atoms with van der Waals surface area (Å²) < 4.78 is 48.8. The van der Waals surface area contributed by atoms with Gasteiger partial charge in [0.2, 0.25) is 5.91 Å². The maximum Gasteiger partial charge on any atom is 0.416 e. The van der Waals surface area contributed by atoms with Gasteiger partial charge in [0.15, 0.2) is 11.5 Å². The molecule has 3 rings (SSSR count). The third-order valence-corrected chi connectivity index (χ3v) is 5.64. The number of para-hydroxylation sites is 1. The van der Waals surface area contributed by atoms with E-state index in [2.05, 4.69) is 5.32 Å². The Bertz CT molecular complexity index is 899. The minimum absolute atomic E-state index is 0.157. The molecule has 2 aromatic carbocycles. The number of amides is 1. The highest BCUT2D eigenvalue weighted by Gasteiger charge is 2.46. The first-order chi connectivity index (χ1) is 14.2. The van der Waals surface area contributed by atoms with Crippen molar-refractivity contribution in [2.24, 2.45) is 0 Å². The summed E-state index contributed by atoms with van der Waals surface area (Å²) in [4.78, 5) is 14.9. The van der Waals surface area contributed by atoms with E-state index in [1.54, 1.807) is 14.2 Å². The van der Waals surface area contributed by atoms with Crippen LogP contribution in [0, 0.1) is 0 Å². The average molecular weight is 422 g/mol. The molecule has 0 radical (unpaired) electrons. The fraction of sp³-hybridized carbons (Fsp3) is 0.409. The van der Waals surface area contributed by atoms with Gasteiger partial charge in [-0.25, -0.2) is 0 Å². The number of nitrogens with zero attached hydrogens (tertiary/aromatic N) is 1. The quantitative estimate of drug-likeness (QED) is 0.733. The number of alkyl halides is 3. The number of halogens is 3. The molecule has 2 aromatic rings. The molecule has 1 amide bonds. The van der Waals surface area contributed by atoms with Crippen molar-refractivity contribution in [1.82, 2.24) is 10.2 Å². The van der Waals surface area contributed by atoms with Crippen LogP contribution in [0.1, 0.15) is 30.0 Å². The Balaban J connectivity index is 1.64. The topological polar surface area (TPSA) is 50.8 Å². The number of carbonyl (C=O) groups is 1. The molecule has 1 aliphatic rings. The first-order valence-electron chi connectivity index (χ1n) is 9.58. The van der Waals surface area contributed by atoms with Gasteiger partial charge in [-0.15, -0.1) is 0 Å². The number of hydrogen-bond donors (Lipinski definition) is 1. The lowest BCUT2D eigenvalue weighted by Gasteiger charge is -2.49. The van der Waals surface area contributed by atoms with Crippen LogP contribution in [0.25, 0.3) is 0 Å². The van der Waals surface area contributed by atoms with E-state index in [0.29, 0.717) is 30.0 Å². The fourth-order valence-corrected chi connectivity index (χ4v) is 3.58. The minimum atomic E-state index is -4.37. The molecule has 1 atom stereocenters. The molecule has 0 aromatic heterocycles. The third kappa shape index (κ3) is 4.38. The molecule has 0 spiro atoms. The van der Waals surface area contributed by atoms with Gasteiger partial charge in [-0.2, -0.15) is 13.2 Å². The SMILES string of the molecule is COc1cccc(CN2CCC2(C)C(=O)NCc2ccc(C(F)(F)F)cc2)c1OC. The van der Waals surface area contributed by atoms with E-state index in [0.717, 1.165) is 24.2 Å². The summed E-state index contributed by atoms with van der Waals surface area (Å²) in [7, 11) is 3.15. The van der Waals surface area contributed by atoms with Crippen molar-refractivity contribution in [2.45, 2.75) is 38.1 Å². The Hall–Kier alpha value is -2.74. The smallest absolute Gasteiger partial charge is 0.416 e. The fourth-order valence-electron chi connectivity index (χ4n) is 3.58. The second-order valence-corrected chi connectivity index (χ2v) is 7.48. The molecular weight excluding hydrogens is 397 g/mol. The Morgan fingerprint density at radius 2 is 1.83 bits per heavy atom. The van der Waals surface area contributed by atoms with Crippen molar-refractivity contribution in [1.29, 1.82) is 0 Å². The van der Waals surface area contributed by atoms with E-state index in [-0.39, 0.29) is 12.5 Å². The van der Waals surface area contributed by atoms with Gasteiger partial charge in [-0.05, 0) is 37.1 Å². The molecule has 0 saturated carbocycles. The highest BCUT2D eigenvalue weighted by Crippen LogP contribution is 2.37. The summed E-state index contributed by atoms with van der Waals surface area (Å²) in [6.45, 7) is 3.31. The van der Waals surface area contributed by atoms with E-state index < -0.39 is 17.3 Å². The van der Waals surface area contributed by atoms with Gasteiger partial charge >= 0.3 is 6.18 Å². The predicted molar refractivity (Wildman–Crippen MR) is 106 cm³/mol. The number of methoxy groups -OCH3 is 2. The van der Waals surface area contributed by atoms with Crippen LogP contribution >= 0.6 is 0 Å². The number of carbonyl (C=O) groups excluding carboxylic acids is 1. The van der Waals surface area contributed by atoms with Crippen LogP contribution in [-0.2, 0) is 24.1 Å². The summed E-state index contributed by atoms with van der Waals surface area (Å²) in [6.07, 6.45) is -3.68. The molecule has 162 valence electrons. The molecule has 1 saturated heterocycles. The standard InChI is InChI=1S/C22H25F3N2O3/c1-21(20(28)26-13-15-7-9-17(10-8-15)22(23,24)25)11-12-27(21)14-16-5-4-6-18(29-2)19(16)30-3/h4-10H,11-14H2,1-3H3,(H,26,28). The lowest BCUT2D eigenvalue weighted by atomic mass is 9.85. The van der Waals surface area contributed by atoms with E-state index in [9.17, 15) is 18.0 Å². The lowest BCUT2D eigenvalue weighted by molar-refractivity contribution is -0.142. The maximum absolute atomic E-state index is 12.8. The summed E-state index contributed by atoms with van der Waals surface area (Å²) >= 11 is 0. The molecule has 1 heterocycles. The zero-order valence-electron chi connectivity index (χ0n) is 17.2. The van der Waals surface area contributed by atoms with E-state index in [1.165, 1.54) is 12.1 Å². The van der Waals surface area contributed by atoms with Crippen LogP contribution < -0.4 is 14.8 Å². The highest BCUT2D eigenvalue weighted by atomic mass is 19.4. The molecule has 0 bridgehead atoms. The Labute approximate surface area is 173 Å². The largest absolute Gasteiger partial charge is 0.493 e. The second-order valence-electron chi connectivity index (χ2n) is 7.48. The van der Waals surface area contributed by atoms with Crippen molar-refractivity contribution in [2.75, 3.05) is 20.8 Å². The minimum Gasteiger partial charge on any atom is -0.493 e. The average Bonchev–Trinajstić information content (AvgIpc) is 2.73. The van der Waals surface area contributed by atoms with Gasteiger partial charge in [0, 0.05) is 25.2 Å². The van der Waals surface area contributed by atoms with Crippen LogP contribution in [-0.4, -0.2) is 37.1 Å². The van der Waals surface area contributed by atoms with Gasteiger partial charge < -0.3 is 14.8 Å². The van der Waals surface area contributed by atoms with E-state index >= 15 is 0 Å². The number of benzene rings is 2. The van der Waals surface area contributed by atoms with Crippen molar-refractivity contribution in [3.63, 3.8) is 0 Å². The van der Waals surface area contributed by atoms with E-state index in [1.807, 2.05) is 30.0 Å². The summed E-state index contributed by atoms with van der Waals surface area (Å²) in [5, 5.41) is 2.85. The molecule has 30 heavy (non-hydrogen) atoms. The van der Waals surface area contributed by atoms with Gasteiger partial charge in [-0.3, -0.25) is 9.69 Å². The number of likely N-dealkylation sites (tertiary alicyclic amines) is 1. The first kappa shape index (κ1) is 22.0. The first-order valence-corrected chi connectivity index (χ1v) is 9.58. The zero-order valence-corrected chi connectivity index (χ0v) is 17.2. The normalized spacial score (nSPS) is 19.1. The summed E-state index contributed by atoms with van der Waals surface area (Å²) in [5.74, 6) is 1.11. The van der Waals surface area contributed by atoms with Crippen LogP contribution in [0.4, 0.5) is 13.2 Å².